The molecule has 6 nitrogen and oxygen atoms in total. The summed E-state index contributed by atoms with van der Waals surface area (Å²) in [6.45, 7) is 1.06. The van der Waals surface area contributed by atoms with Gasteiger partial charge >= 0.3 is 0 Å². The summed E-state index contributed by atoms with van der Waals surface area (Å²) in [7, 11) is 0. The zero-order chi connectivity index (χ0) is 18.4. The maximum Gasteiger partial charge on any atom is 0.241 e. The minimum atomic E-state index is -0.309. The summed E-state index contributed by atoms with van der Waals surface area (Å²) < 4.78 is 5.86. The number of ether oxygens (including phenoxy) is 1. The minimum Gasteiger partial charge on any atom is -0.372 e. The second-order valence-corrected chi connectivity index (χ2v) is 6.12. The van der Waals surface area contributed by atoms with Crippen LogP contribution in [-0.2, 0) is 16.1 Å². The maximum absolute atomic E-state index is 12.3. The monoisotopic (exact) mass is 346 g/mol. The van der Waals surface area contributed by atoms with Crippen molar-refractivity contribution in [3.63, 3.8) is 0 Å². The first-order valence-corrected chi connectivity index (χ1v) is 8.33. The number of rotatable bonds is 5. The number of nitrogens with one attached hydrogen (secondary N) is 2. The fourth-order valence-electron chi connectivity index (χ4n) is 2.78. The highest BCUT2D eigenvalue weighted by Crippen LogP contribution is 2.16. The number of anilines is 1. The molecule has 0 spiro atoms. The van der Waals surface area contributed by atoms with E-state index in [1.807, 2.05) is 18.2 Å². The van der Waals surface area contributed by atoms with Gasteiger partial charge in [-0.1, -0.05) is 12.1 Å². The van der Waals surface area contributed by atoms with Crippen LogP contribution in [0.25, 0.3) is 0 Å². The molecule has 0 bridgehead atoms. The van der Waals surface area contributed by atoms with Crippen molar-refractivity contribution in [2.45, 2.75) is 25.2 Å². The third-order valence-electron chi connectivity index (χ3n) is 4.26. The fraction of sp³-hybridized carbons (Fsp3) is 0.250. The van der Waals surface area contributed by atoms with E-state index in [0.717, 1.165) is 5.56 Å². The number of hydrogen-bond donors (Lipinski definition) is 2. The summed E-state index contributed by atoms with van der Waals surface area (Å²) >= 11 is 0. The Morgan fingerprint density at radius 2 is 1.69 bits per heavy atom. The Morgan fingerprint density at radius 3 is 2.31 bits per heavy atom. The van der Waals surface area contributed by atoms with Gasteiger partial charge in [-0.15, -0.1) is 0 Å². The summed E-state index contributed by atoms with van der Waals surface area (Å²) in [5.74, 6) is -0.112. The van der Waals surface area contributed by atoms with Gasteiger partial charge in [0.05, 0.1) is 42.0 Å². The van der Waals surface area contributed by atoms with Gasteiger partial charge in [0.2, 0.25) is 5.91 Å². The average Bonchev–Trinajstić information content (AvgIpc) is 3.16. The lowest BCUT2D eigenvalue weighted by atomic mass is 10.1. The van der Waals surface area contributed by atoms with Gasteiger partial charge in [0.15, 0.2) is 0 Å². The molecule has 0 aliphatic carbocycles. The summed E-state index contributed by atoms with van der Waals surface area (Å²) in [5.41, 5.74) is 2.83. The highest BCUT2D eigenvalue weighted by molar-refractivity contribution is 5.95. The SMILES string of the molecule is N#Cc1ccc(COC2CNC(C(=O)Nc3ccc(C#N)cc3)C2)cc1. The van der Waals surface area contributed by atoms with Gasteiger partial charge in [-0.05, 0) is 48.4 Å². The van der Waals surface area contributed by atoms with Crippen molar-refractivity contribution in [1.29, 1.82) is 10.5 Å². The predicted octanol–water partition coefficient (Wildman–Crippen LogP) is 2.32. The maximum atomic E-state index is 12.3. The molecule has 2 aromatic rings. The van der Waals surface area contributed by atoms with Crippen LogP contribution in [0.1, 0.15) is 23.1 Å². The molecule has 1 aliphatic heterocycles. The molecule has 2 aromatic carbocycles. The van der Waals surface area contributed by atoms with Crippen molar-refractivity contribution in [3.8, 4) is 12.1 Å². The lowest BCUT2D eigenvalue weighted by Crippen LogP contribution is -2.35. The van der Waals surface area contributed by atoms with Gasteiger partial charge in [-0.25, -0.2) is 0 Å². The number of amides is 1. The molecule has 0 aromatic heterocycles. The molecule has 26 heavy (non-hydrogen) atoms. The first kappa shape index (κ1) is 17.6. The molecule has 1 heterocycles. The summed E-state index contributed by atoms with van der Waals surface area (Å²) in [4.78, 5) is 12.3. The van der Waals surface area contributed by atoms with E-state index < -0.39 is 0 Å². The quantitative estimate of drug-likeness (QED) is 0.866. The fourth-order valence-corrected chi connectivity index (χ4v) is 2.78. The van der Waals surface area contributed by atoms with Crippen LogP contribution in [-0.4, -0.2) is 24.6 Å². The molecule has 2 atom stereocenters. The molecule has 3 rings (SSSR count). The lowest BCUT2D eigenvalue weighted by Gasteiger charge is -2.12. The van der Waals surface area contributed by atoms with Crippen LogP contribution in [0.4, 0.5) is 5.69 Å². The van der Waals surface area contributed by atoms with E-state index in [9.17, 15) is 4.79 Å². The van der Waals surface area contributed by atoms with E-state index in [1.165, 1.54) is 0 Å². The molecular formula is C20H18N4O2. The van der Waals surface area contributed by atoms with Crippen LogP contribution in [0.3, 0.4) is 0 Å². The smallest absolute Gasteiger partial charge is 0.241 e. The Balaban J connectivity index is 1.47. The van der Waals surface area contributed by atoms with Gasteiger partial charge in [-0.2, -0.15) is 10.5 Å². The molecule has 6 heteroatoms. The number of carbonyl (C=O) groups excluding carboxylic acids is 1. The van der Waals surface area contributed by atoms with Crippen molar-refractivity contribution in [1.82, 2.24) is 5.32 Å². The Hall–Kier alpha value is -3.19. The first-order valence-electron chi connectivity index (χ1n) is 8.33. The Morgan fingerprint density at radius 1 is 1.08 bits per heavy atom. The number of carbonyl (C=O) groups is 1. The highest BCUT2D eigenvalue weighted by atomic mass is 16.5. The third-order valence-corrected chi connectivity index (χ3v) is 4.26. The molecular weight excluding hydrogens is 328 g/mol. The number of benzene rings is 2. The van der Waals surface area contributed by atoms with Gasteiger partial charge in [-0.3, -0.25) is 4.79 Å². The van der Waals surface area contributed by atoms with Crippen LogP contribution in [0.5, 0.6) is 0 Å². The zero-order valence-corrected chi connectivity index (χ0v) is 14.1. The van der Waals surface area contributed by atoms with Gasteiger partial charge < -0.3 is 15.4 Å². The predicted molar refractivity (Wildman–Crippen MR) is 95.9 cm³/mol. The van der Waals surface area contributed by atoms with E-state index in [2.05, 4.69) is 16.7 Å². The largest absolute Gasteiger partial charge is 0.372 e. The molecule has 0 radical (unpaired) electrons. The van der Waals surface area contributed by atoms with Crippen molar-refractivity contribution >= 4 is 11.6 Å². The summed E-state index contributed by atoms with van der Waals surface area (Å²) in [6, 6.07) is 17.9. The van der Waals surface area contributed by atoms with Crippen molar-refractivity contribution < 1.29 is 9.53 Å². The molecule has 1 fully saturated rings. The van der Waals surface area contributed by atoms with E-state index in [0.29, 0.717) is 36.4 Å². The second kappa shape index (κ2) is 8.26. The van der Waals surface area contributed by atoms with Crippen LogP contribution in [0.2, 0.25) is 0 Å². The number of hydrogen-bond acceptors (Lipinski definition) is 5. The summed E-state index contributed by atoms with van der Waals surface area (Å²) in [6.07, 6.45) is 0.556. The minimum absolute atomic E-state index is 0.0395. The molecule has 1 amide bonds. The molecule has 1 aliphatic rings. The molecule has 0 saturated carbocycles. The van der Waals surface area contributed by atoms with Crippen LogP contribution >= 0.6 is 0 Å². The Kier molecular flexibility index (Phi) is 5.60. The van der Waals surface area contributed by atoms with Crippen LogP contribution in [0, 0.1) is 22.7 Å². The highest BCUT2D eigenvalue weighted by Gasteiger charge is 2.30. The molecule has 2 unspecified atom stereocenters. The standard InChI is InChI=1S/C20H18N4O2/c21-10-14-1-3-16(4-2-14)13-26-18-9-19(23-12-18)20(25)24-17-7-5-15(11-22)6-8-17/h1-8,18-19,23H,9,12-13H2,(H,24,25). The third kappa shape index (κ3) is 4.46. The van der Waals surface area contributed by atoms with Crippen LogP contribution < -0.4 is 10.6 Å². The van der Waals surface area contributed by atoms with Crippen molar-refractivity contribution in [2.75, 3.05) is 11.9 Å². The van der Waals surface area contributed by atoms with Crippen molar-refractivity contribution in [3.05, 3.63) is 65.2 Å². The number of nitriles is 2. The van der Waals surface area contributed by atoms with E-state index >= 15 is 0 Å². The zero-order valence-electron chi connectivity index (χ0n) is 14.1. The van der Waals surface area contributed by atoms with Crippen LogP contribution in [0.15, 0.2) is 48.5 Å². The molecule has 130 valence electrons. The topological polar surface area (TPSA) is 97.9 Å². The first-order chi connectivity index (χ1) is 12.7. The molecule has 1 saturated heterocycles. The Labute approximate surface area is 152 Å². The lowest BCUT2D eigenvalue weighted by molar-refractivity contribution is -0.118. The van der Waals surface area contributed by atoms with E-state index in [1.54, 1.807) is 36.4 Å². The van der Waals surface area contributed by atoms with E-state index in [-0.39, 0.29) is 18.1 Å². The molecule has 2 N–H and O–H groups in total. The van der Waals surface area contributed by atoms with Crippen molar-refractivity contribution in [2.24, 2.45) is 0 Å². The average molecular weight is 346 g/mol. The van der Waals surface area contributed by atoms with E-state index in [4.69, 9.17) is 15.3 Å². The number of nitrogens with zero attached hydrogens (tertiary/aromatic N) is 2. The summed E-state index contributed by atoms with van der Waals surface area (Å²) in [5, 5.41) is 23.6. The van der Waals surface area contributed by atoms with Gasteiger partial charge in [0.25, 0.3) is 0 Å². The normalized spacial score (nSPS) is 18.7. The van der Waals surface area contributed by atoms with Gasteiger partial charge in [0, 0.05) is 12.2 Å². The van der Waals surface area contributed by atoms with Gasteiger partial charge in [0.1, 0.15) is 0 Å². The second-order valence-electron chi connectivity index (χ2n) is 6.12. The Bertz CT molecular complexity index is 847.